The van der Waals surface area contributed by atoms with Crippen LogP contribution in [0, 0.1) is 6.92 Å². The van der Waals surface area contributed by atoms with Crippen LogP contribution in [-0.4, -0.2) is 11.7 Å². The maximum atomic E-state index is 10.6. The zero-order valence-corrected chi connectivity index (χ0v) is 12.5. The second-order valence-electron chi connectivity index (χ2n) is 4.68. The maximum Gasteiger partial charge on any atom is 0.0881 e. The number of aliphatic hydroxyl groups is 1. The Balaban J connectivity index is 2.36. The van der Waals surface area contributed by atoms with Crippen molar-refractivity contribution in [3.8, 4) is 0 Å². The highest BCUT2D eigenvalue weighted by atomic mass is 79.9. The highest BCUT2D eigenvalue weighted by Crippen LogP contribution is 2.35. The van der Waals surface area contributed by atoms with Crippen molar-refractivity contribution in [3.05, 3.63) is 69.7 Å². The van der Waals surface area contributed by atoms with Gasteiger partial charge < -0.3 is 10.8 Å². The van der Waals surface area contributed by atoms with Crippen LogP contribution >= 0.6 is 15.9 Å². The van der Waals surface area contributed by atoms with Crippen molar-refractivity contribution in [2.45, 2.75) is 18.9 Å². The molecule has 0 bridgehead atoms. The summed E-state index contributed by atoms with van der Waals surface area (Å²) in [5.74, 6) is -0.0979. The van der Waals surface area contributed by atoms with Gasteiger partial charge >= 0.3 is 0 Å². The van der Waals surface area contributed by atoms with Crippen molar-refractivity contribution in [2.75, 3.05) is 6.54 Å². The summed E-state index contributed by atoms with van der Waals surface area (Å²) in [7, 11) is 0. The number of aryl methyl sites for hydroxylation is 1. The van der Waals surface area contributed by atoms with Crippen molar-refractivity contribution in [1.82, 2.24) is 0 Å². The monoisotopic (exact) mass is 319 g/mol. The van der Waals surface area contributed by atoms with Crippen LogP contribution in [0.2, 0.25) is 0 Å². The highest BCUT2D eigenvalue weighted by Gasteiger charge is 2.23. The van der Waals surface area contributed by atoms with Gasteiger partial charge in [0.05, 0.1) is 6.10 Å². The summed E-state index contributed by atoms with van der Waals surface area (Å²) in [6.07, 6.45) is -0.610. The largest absolute Gasteiger partial charge is 0.388 e. The van der Waals surface area contributed by atoms with Crippen molar-refractivity contribution in [3.63, 3.8) is 0 Å². The minimum atomic E-state index is -0.610. The van der Waals surface area contributed by atoms with E-state index in [0.29, 0.717) is 6.54 Å². The second kappa shape index (κ2) is 6.33. The van der Waals surface area contributed by atoms with Gasteiger partial charge in [0.25, 0.3) is 0 Å². The van der Waals surface area contributed by atoms with Gasteiger partial charge in [0.2, 0.25) is 0 Å². The van der Waals surface area contributed by atoms with Gasteiger partial charge in [-0.2, -0.15) is 0 Å². The average molecular weight is 320 g/mol. The van der Waals surface area contributed by atoms with Crippen molar-refractivity contribution >= 4 is 15.9 Å². The van der Waals surface area contributed by atoms with Crippen LogP contribution < -0.4 is 5.73 Å². The molecule has 0 heterocycles. The fourth-order valence-electron chi connectivity index (χ4n) is 2.26. The first-order chi connectivity index (χ1) is 9.15. The smallest absolute Gasteiger partial charge is 0.0881 e. The van der Waals surface area contributed by atoms with Crippen LogP contribution in [0.25, 0.3) is 0 Å². The summed E-state index contributed by atoms with van der Waals surface area (Å²) < 4.78 is 0.955. The van der Waals surface area contributed by atoms with E-state index in [0.717, 1.165) is 21.2 Å². The van der Waals surface area contributed by atoms with E-state index in [-0.39, 0.29) is 5.92 Å². The number of benzene rings is 2. The topological polar surface area (TPSA) is 46.2 Å². The Morgan fingerprint density at radius 1 is 1.11 bits per heavy atom. The summed E-state index contributed by atoms with van der Waals surface area (Å²) in [5.41, 5.74) is 8.92. The first kappa shape index (κ1) is 14.3. The van der Waals surface area contributed by atoms with Gasteiger partial charge in [-0.1, -0.05) is 64.5 Å². The summed E-state index contributed by atoms with van der Waals surface area (Å²) in [5, 5.41) is 10.6. The minimum absolute atomic E-state index is 0.0979. The van der Waals surface area contributed by atoms with E-state index in [1.54, 1.807) is 0 Å². The molecule has 2 unspecified atom stereocenters. The van der Waals surface area contributed by atoms with Gasteiger partial charge in [-0.25, -0.2) is 0 Å². The van der Waals surface area contributed by atoms with E-state index >= 15 is 0 Å². The van der Waals surface area contributed by atoms with Crippen LogP contribution in [0.4, 0.5) is 0 Å². The van der Waals surface area contributed by atoms with Crippen LogP contribution in [0.1, 0.15) is 28.7 Å². The van der Waals surface area contributed by atoms with Crippen LogP contribution in [0.5, 0.6) is 0 Å². The summed E-state index contributed by atoms with van der Waals surface area (Å²) in [4.78, 5) is 0. The zero-order chi connectivity index (χ0) is 13.8. The Kier molecular flexibility index (Phi) is 4.75. The molecule has 100 valence electrons. The molecule has 2 aromatic carbocycles. The molecule has 0 saturated carbocycles. The molecule has 2 aromatic rings. The van der Waals surface area contributed by atoms with Gasteiger partial charge in [0.1, 0.15) is 0 Å². The second-order valence-corrected chi connectivity index (χ2v) is 5.47. The van der Waals surface area contributed by atoms with E-state index in [9.17, 15) is 5.11 Å². The molecule has 0 spiro atoms. The minimum Gasteiger partial charge on any atom is -0.388 e. The summed E-state index contributed by atoms with van der Waals surface area (Å²) in [6, 6.07) is 15.8. The average Bonchev–Trinajstić information content (AvgIpc) is 2.44. The number of hydrogen-bond acceptors (Lipinski definition) is 2. The Bertz CT molecular complexity index is 542. The molecule has 0 fully saturated rings. The summed E-state index contributed by atoms with van der Waals surface area (Å²) in [6.45, 7) is 2.42. The lowest BCUT2D eigenvalue weighted by molar-refractivity contribution is 0.146. The predicted molar refractivity (Wildman–Crippen MR) is 82.1 cm³/mol. The quantitative estimate of drug-likeness (QED) is 0.905. The molecule has 0 saturated heterocycles. The van der Waals surface area contributed by atoms with E-state index in [1.807, 2.05) is 55.5 Å². The van der Waals surface area contributed by atoms with E-state index in [1.165, 1.54) is 0 Å². The van der Waals surface area contributed by atoms with Crippen molar-refractivity contribution in [1.29, 1.82) is 0 Å². The Morgan fingerprint density at radius 3 is 2.42 bits per heavy atom. The molecule has 0 aromatic heterocycles. The Labute approximate surface area is 122 Å². The Hall–Kier alpha value is -1.16. The molecule has 3 N–H and O–H groups in total. The summed E-state index contributed by atoms with van der Waals surface area (Å²) >= 11 is 3.55. The van der Waals surface area contributed by atoms with E-state index < -0.39 is 6.10 Å². The fourth-order valence-corrected chi connectivity index (χ4v) is 2.76. The third kappa shape index (κ3) is 3.06. The van der Waals surface area contributed by atoms with Crippen molar-refractivity contribution < 1.29 is 5.11 Å². The van der Waals surface area contributed by atoms with Gasteiger partial charge in [0, 0.05) is 16.9 Å². The molecule has 2 rings (SSSR count). The molecule has 0 radical (unpaired) electrons. The number of nitrogens with two attached hydrogens (primary N) is 1. The SMILES string of the molecule is Cc1cccc(C(O)C(CN)c2ccccc2)c1Br. The lowest BCUT2D eigenvalue weighted by Gasteiger charge is -2.23. The molecular formula is C16H18BrNO. The normalized spacial score (nSPS) is 14.1. The molecule has 2 atom stereocenters. The number of rotatable bonds is 4. The third-order valence-corrected chi connectivity index (χ3v) is 4.49. The molecule has 2 nitrogen and oxygen atoms in total. The van der Waals surface area contributed by atoms with E-state index in [2.05, 4.69) is 15.9 Å². The van der Waals surface area contributed by atoms with E-state index in [4.69, 9.17) is 5.73 Å². The molecule has 0 amide bonds. The van der Waals surface area contributed by atoms with Crippen LogP contribution in [-0.2, 0) is 0 Å². The standard InChI is InChI=1S/C16H18BrNO/c1-11-6-5-9-13(15(11)17)16(19)14(10-18)12-7-3-2-4-8-12/h2-9,14,16,19H,10,18H2,1H3. The van der Waals surface area contributed by atoms with Crippen LogP contribution in [0.15, 0.2) is 53.0 Å². The Morgan fingerprint density at radius 2 is 1.79 bits per heavy atom. The number of aliphatic hydroxyl groups excluding tert-OH is 1. The molecular weight excluding hydrogens is 302 g/mol. The molecule has 0 aliphatic heterocycles. The molecule has 0 aliphatic carbocycles. The molecule has 19 heavy (non-hydrogen) atoms. The van der Waals surface area contributed by atoms with Crippen LogP contribution in [0.3, 0.4) is 0 Å². The first-order valence-electron chi connectivity index (χ1n) is 6.33. The maximum absolute atomic E-state index is 10.6. The number of halogens is 1. The van der Waals surface area contributed by atoms with Gasteiger partial charge in [-0.3, -0.25) is 0 Å². The van der Waals surface area contributed by atoms with Gasteiger partial charge in [0.15, 0.2) is 0 Å². The molecule has 0 aliphatic rings. The first-order valence-corrected chi connectivity index (χ1v) is 7.12. The molecule has 3 heteroatoms. The van der Waals surface area contributed by atoms with Crippen molar-refractivity contribution in [2.24, 2.45) is 5.73 Å². The lowest BCUT2D eigenvalue weighted by atomic mass is 9.89. The lowest BCUT2D eigenvalue weighted by Crippen LogP contribution is -2.20. The van der Waals surface area contributed by atoms with Gasteiger partial charge in [-0.15, -0.1) is 0 Å². The highest BCUT2D eigenvalue weighted by molar-refractivity contribution is 9.10. The zero-order valence-electron chi connectivity index (χ0n) is 10.9. The van der Waals surface area contributed by atoms with Gasteiger partial charge in [-0.05, 0) is 23.6 Å². The fraction of sp³-hybridized carbons (Fsp3) is 0.250. The third-order valence-electron chi connectivity index (χ3n) is 3.40. The predicted octanol–water partition coefficient (Wildman–Crippen LogP) is 3.53. The number of hydrogen-bond donors (Lipinski definition) is 2.